The van der Waals surface area contributed by atoms with Crippen LogP contribution in [0.15, 0.2) is 15.3 Å². The standard InChI is InChI=1S/C18H19NO3/c1-10-16-11(8-19(9-21-16)12-5-6-12)7-15-13-3-2-4-14(13)18(20)22-17(10)15/h7,12H,2-6,8-9H2,1H3/p+1. The summed E-state index contributed by atoms with van der Waals surface area (Å²) in [5.41, 5.74) is 4.98. The fourth-order valence-electron chi connectivity index (χ4n) is 4.17. The van der Waals surface area contributed by atoms with Gasteiger partial charge in [0, 0.05) is 34.9 Å². The zero-order valence-corrected chi connectivity index (χ0v) is 12.8. The molecule has 1 fully saturated rings. The van der Waals surface area contributed by atoms with Crippen molar-refractivity contribution >= 4 is 11.0 Å². The van der Waals surface area contributed by atoms with Crippen molar-refractivity contribution in [3.05, 3.63) is 38.7 Å². The third-order valence-electron chi connectivity index (χ3n) is 5.49. The molecule has 2 aromatic rings. The Bertz CT molecular complexity index is 848. The van der Waals surface area contributed by atoms with Crippen molar-refractivity contribution in [3.8, 4) is 5.75 Å². The van der Waals surface area contributed by atoms with E-state index >= 15 is 0 Å². The fraction of sp³-hybridized carbons (Fsp3) is 0.500. The lowest BCUT2D eigenvalue weighted by Crippen LogP contribution is -3.13. The first kappa shape index (κ1) is 12.7. The summed E-state index contributed by atoms with van der Waals surface area (Å²) in [6.07, 6.45) is 5.57. The number of fused-ring (bicyclic) bond motifs is 4. The Kier molecular flexibility index (Phi) is 2.51. The van der Waals surface area contributed by atoms with Crippen LogP contribution >= 0.6 is 0 Å². The van der Waals surface area contributed by atoms with Gasteiger partial charge in [0.1, 0.15) is 17.9 Å². The van der Waals surface area contributed by atoms with Crippen molar-refractivity contribution < 1.29 is 14.1 Å². The van der Waals surface area contributed by atoms with Crippen LogP contribution in [0.1, 0.15) is 41.5 Å². The van der Waals surface area contributed by atoms with Crippen molar-refractivity contribution in [2.45, 2.75) is 51.6 Å². The van der Waals surface area contributed by atoms with Crippen LogP contribution < -0.4 is 15.3 Å². The molecule has 4 nitrogen and oxygen atoms in total. The zero-order chi connectivity index (χ0) is 14.8. The number of quaternary nitrogens is 1. The lowest BCUT2D eigenvalue weighted by molar-refractivity contribution is -0.943. The van der Waals surface area contributed by atoms with Crippen molar-refractivity contribution in [2.24, 2.45) is 0 Å². The molecule has 1 atom stereocenters. The van der Waals surface area contributed by atoms with E-state index in [0.717, 1.165) is 66.4 Å². The van der Waals surface area contributed by atoms with E-state index in [9.17, 15) is 4.79 Å². The summed E-state index contributed by atoms with van der Waals surface area (Å²) in [7, 11) is 0. The molecule has 0 radical (unpaired) electrons. The SMILES string of the molecule is Cc1c2c(cc3c4c(c(=O)oc13)CCC4)C[NH+](C1CC1)CO2. The molecular formula is C18H20NO3+. The first-order chi connectivity index (χ1) is 10.7. The second-order valence-corrected chi connectivity index (χ2v) is 6.96. The molecule has 0 saturated heterocycles. The van der Waals surface area contributed by atoms with E-state index in [1.165, 1.54) is 24.0 Å². The van der Waals surface area contributed by atoms with E-state index in [1.807, 2.05) is 6.92 Å². The second-order valence-electron chi connectivity index (χ2n) is 6.96. The van der Waals surface area contributed by atoms with Crippen LogP contribution in [-0.4, -0.2) is 12.8 Å². The Morgan fingerprint density at radius 2 is 2.05 bits per heavy atom. The largest absolute Gasteiger partial charge is 0.444 e. The summed E-state index contributed by atoms with van der Waals surface area (Å²) in [6, 6.07) is 3.01. The van der Waals surface area contributed by atoms with Crippen LogP contribution in [0.3, 0.4) is 0 Å². The first-order valence-electron chi connectivity index (χ1n) is 8.31. The Labute approximate surface area is 128 Å². The van der Waals surface area contributed by atoms with Crippen LogP contribution in [0, 0.1) is 6.92 Å². The molecule has 1 saturated carbocycles. The Morgan fingerprint density at radius 1 is 1.23 bits per heavy atom. The quantitative estimate of drug-likeness (QED) is 0.811. The zero-order valence-electron chi connectivity index (χ0n) is 12.8. The van der Waals surface area contributed by atoms with Crippen molar-refractivity contribution in [1.29, 1.82) is 0 Å². The minimum absolute atomic E-state index is 0.149. The van der Waals surface area contributed by atoms with E-state index in [4.69, 9.17) is 9.15 Å². The molecule has 5 rings (SSSR count). The third kappa shape index (κ3) is 1.70. The number of aryl methyl sites for hydroxylation is 2. The highest BCUT2D eigenvalue weighted by Gasteiger charge is 2.37. The van der Waals surface area contributed by atoms with Gasteiger partial charge in [0.15, 0.2) is 0 Å². The summed E-state index contributed by atoms with van der Waals surface area (Å²) in [6.45, 7) is 3.79. The summed E-state index contributed by atoms with van der Waals surface area (Å²) >= 11 is 0. The van der Waals surface area contributed by atoms with Gasteiger partial charge in [0.25, 0.3) is 0 Å². The molecular weight excluding hydrogens is 278 g/mol. The topological polar surface area (TPSA) is 43.9 Å². The normalized spacial score (nSPS) is 23.2. The van der Waals surface area contributed by atoms with Gasteiger partial charge in [-0.05, 0) is 37.8 Å². The number of hydrogen-bond acceptors (Lipinski definition) is 3. The van der Waals surface area contributed by atoms with E-state index in [2.05, 4.69) is 6.07 Å². The predicted molar refractivity (Wildman–Crippen MR) is 82.4 cm³/mol. The molecule has 0 amide bonds. The maximum absolute atomic E-state index is 12.2. The first-order valence-corrected chi connectivity index (χ1v) is 8.31. The van der Waals surface area contributed by atoms with Gasteiger partial charge >= 0.3 is 5.63 Å². The van der Waals surface area contributed by atoms with Gasteiger partial charge in [0.2, 0.25) is 6.73 Å². The second kappa shape index (κ2) is 4.35. The maximum atomic E-state index is 12.2. The lowest BCUT2D eigenvalue weighted by atomic mass is 9.99. The number of benzene rings is 1. The minimum Gasteiger partial charge on any atom is -0.444 e. The van der Waals surface area contributed by atoms with Gasteiger partial charge in [0.05, 0.1) is 6.04 Å². The molecule has 0 spiro atoms. The molecule has 1 unspecified atom stereocenters. The highest BCUT2D eigenvalue weighted by Crippen LogP contribution is 2.36. The summed E-state index contributed by atoms with van der Waals surface area (Å²) in [4.78, 5) is 13.7. The monoisotopic (exact) mass is 298 g/mol. The van der Waals surface area contributed by atoms with Crippen LogP contribution in [0.25, 0.3) is 11.0 Å². The van der Waals surface area contributed by atoms with Crippen LogP contribution in [-0.2, 0) is 19.4 Å². The Balaban J connectivity index is 1.74. The highest BCUT2D eigenvalue weighted by atomic mass is 16.5. The van der Waals surface area contributed by atoms with E-state index in [0.29, 0.717) is 0 Å². The van der Waals surface area contributed by atoms with Gasteiger partial charge in [-0.1, -0.05) is 0 Å². The molecule has 22 heavy (non-hydrogen) atoms. The Hall–Kier alpha value is -1.81. The number of hydrogen-bond donors (Lipinski definition) is 1. The molecule has 1 aliphatic heterocycles. The van der Waals surface area contributed by atoms with Gasteiger partial charge < -0.3 is 9.15 Å². The van der Waals surface area contributed by atoms with Gasteiger partial charge in [-0.3, -0.25) is 4.90 Å². The van der Waals surface area contributed by atoms with Crippen molar-refractivity contribution in [2.75, 3.05) is 6.73 Å². The molecule has 0 bridgehead atoms. The molecule has 1 aromatic heterocycles. The summed E-state index contributed by atoms with van der Waals surface area (Å²) < 4.78 is 11.7. The number of nitrogens with one attached hydrogen (secondary N) is 1. The average Bonchev–Trinajstić information content (AvgIpc) is 3.25. The fourth-order valence-corrected chi connectivity index (χ4v) is 4.17. The van der Waals surface area contributed by atoms with Crippen molar-refractivity contribution in [1.82, 2.24) is 0 Å². The molecule has 3 aliphatic rings. The molecule has 4 heteroatoms. The van der Waals surface area contributed by atoms with E-state index in [-0.39, 0.29) is 5.63 Å². The molecule has 2 heterocycles. The van der Waals surface area contributed by atoms with Crippen molar-refractivity contribution in [3.63, 3.8) is 0 Å². The summed E-state index contributed by atoms with van der Waals surface area (Å²) in [5, 5.41) is 1.14. The lowest BCUT2D eigenvalue weighted by Gasteiger charge is -2.27. The third-order valence-corrected chi connectivity index (χ3v) is 5.49. The number of ether oxygens (including phenoxy) is 1. The van der Waals surface area contributed by atoms with E-state index < -0.39 is 0 Å². The van der Waals surface area contributed by atoms with Gasteiger partial charge in [-0.2, -0.15) is 0 Å². The predicted octanol–water partition coefficient (Wildman–Crippen LogP) is 1.49. The number of rotatable bonds is 1. The van der Waals surface area contributed by atoms with Crippen LogP contribution in [0.4, 0.5) is 0 Å². The maximum Gasteiger partial charge on any atom is 0.339 e. The minimum atomic E-state index is -0.149. The smallest absolute Gasteiger partial charge is 0.339 e. The highest BCUT2D eigenvalue weighted by molar-refractivity contribution is 5.87. The van der Waals surface area contributed by atoms with Gasteiger partial charge in [-0.25, -0.2) is 4.79 Å². The summed E-state index contributed by atoms with van der Waals surface area (Å²) in [5.74, 6) is 0.943. The molecule has 114 valence electrons. The molecule has 1 aromatic carbocycles. The molecule has 2 aliphatic carbocycles. The van der Waals surface area contributed by atoms with E-state index in [1.54, 1.807) is 4.90 Å². The Morgan fingerprint density at radius 3 is 2.86 bits per heavy atom. The van der Waals surface area contributed by atoms with Crippen LogP contribution in [0.5, 0.6) is 5.75 Å². The van der Waals surface area contributed by atoms with Crippen LogP contribution in [0.2, 0.25) is 0 Å². The molecule has 1 N–H and O–H groups in total. The average molecular weight is 298 g/mol. The van der Waals surface area contributed by atoms with Gasteiger partial charge in [-0.15, -0.1) is 0 Å².